The quantitative estimate of drug-likeness (QED) is 0.630. The number of ether oxygens (including phenoxy) is 1. The minimum atomic E-state index is -3.57. The third-order valence-electron chi connectivity index (χ3n) is 2.32. The Kier molecular flexibility index (Phi) is 5.78. The first-order chi connectivity index (χ1) is 9.20. The lowest BCUT2D eigenvalue weighted by atomic mass is 10.3. The standard InChI is InChI=1S/C11H18N2O5S2/c1-19(14,15)8-6-13-20(16,17)9-7-18-11-5-3-2-4-10(11)12/h2-5,13H,6-9,12H2,1H3. The Bertz CT molecular complexity index is 641. The second kappa shape index (κ2) is 6.91. The zero-order valence-corrected chi connectivity index (χ0v) is 12.7. The lowest BCUT2D eigenvalue weighted by Crippen LogP contribution is -2.32. The fraction of sp³-hybridized carbons (Fsp3) is 0.455. The lowest BCUT2D eigenvalue weighted by molar-refractivity contribution is 0.342. The summed E-state index contributed by atoms with van der Waals surface area (Å²) in [6, 6.07) is 6.75. The normalized spacial score (nSPS) is 12.2. The van der Waals surface area contributed by atoms with Crippen molar-refractivity contribution in [1.29, 1.82) is 0 Å². The third kappa shape index (κ3) is 6.73. The molecular weight excluding hydrogens is 304 g/mol. The summed E-state index contributed by atoms with van der Waals surface area (Å²) in [6.45, 7) is -0.211. The van der Waals surface area contributed by atoms with Crippen molar-refractivity contribution in [3.05, 3.63) is 24.3 Å². The number of sulfone groups is 1. The van der Waals surface area contributed by atoms with E-state index in [0.29, 0.717) is 11.4 Å². The van der Waals surface area contributed by atoms with Crippen LogP contribution in [0.25, 0.3) is 0 Å². The average molecular weight is 322 g/mol. The number of para-hydroxylation sites is 2. The molecule has 3 N–H and O–H groups in total. The summed E-state index contributed by atoms with van der Waals surface area (Å²) in [7, 11) is -6.76. The summed E-state index contributed by atoms with van der Waals surface area (Å²) in [5.74, 6) is -0.0945. The maximum atomic E-state index is 11.6. The zero-order chi connectivity index (χ0) is 15.2. The van der Waals surface area contributed by atoms with Gasteiger partial charge in [-0.3, -0.25) is 0 Å². The van der Waals surface area contributed by atoms with E-state index in [2.05, 4.69) is 4.72 Å². The molecule has 0 saturated carbocycles. The second-order valence-electron chi connectivity index (χ2n) is 4.23. The minimum Gasteiger partial charge on any atom is -0.490 e. The summed E-state index contributed by atoms with van der Waals surface area (Å²) in [6.07, 6.45) is 1.04. The molecule has 0 aliphatic rings. The second-order valence-corrected chi connectivity index (χ2v) is 8.42. The van der Waals surface area contributed by atoms with E-state index in [1.54, 1.807) is 24.3 Å². The van der Waals surface area contributed by atoms with Gasteiger partial charge in [-0.15, -0.1) is 0 Å². The highest BCUT2D eigenvalue weighted by atomic mass is 32.2. The Morgan fingerprint density at radius 1 is 1.15 bits per heavy atom. The maximum absolute atomic E-state index is 11.6. The molecule has 1 aromatic rings. The van der Waals surface area contributed by atoms with Crippen molar-refractivity contribution in [3.63, 3.8) is 0 Å². The van der Waals surface area contributed by atoms with Gasteiger partial charge in [-0.25, -0.2) is 21.6 Å². The van der Waals surface area contributed by atoms with Crippen molar-refractivity contribution >= 4 is 25.5 Å². The van der Waals surface area contributed by atoms with E-state index < -0.39 is 19.9 Å². The fourth-order valence-electron chi connectivity index (χ4n) is 1.33. The van der Waals surface area contributed by atoms with Crippen LogP contribution in [0.5, 0.6) is 5.75 Å². The molecule has 9 heteroatoms. The predicted molar refractivity (Wildman–Crippen MR) is 77.8 cm³/mol. The van der Waals surface area contributed by atoms with Crippen LogP contribution in [0.1, 0.15) is 0 Å². The molecule has 0 aromatic heterocycles. The van der Waals surface area contributed by atoms with Gasteiger partial charge in [0.05, 0.1) is 17.2 Å². The topological polar surface area (TPSA) is 116 Å². The van der Waals surface area contributed by atoms with Gasteiger partial charge in [0.25, 0.3) is 0 Å². The number of nitrogens with one attached hydrogen (secondary N) is 1. The Labute approximate surface area is 119 Å². The number of anilines is 1. The Morgan fingerprint density at radius 3 is 2.40 bits per heavy atom. The van der Waals surface area contributed by atoms with Gasteiger partial charge in [0.15, 0.2) is 0 Å². The van der Waals surface area contributed by atoms with Crippen molar-refractivity contribution in [3.8, 4) is 5.75 Å². The van der Waals surface area contributed by atoms with Crippen molar-refractivity contribution in [2.45, 2.75) is 0 Å². The number of nitrogen functional groups attached to an aromatic ring is 1. The largest absolute Gasteiger partial charge is 0.490 e. The molecule has 0 radical (unpaired) electrons. The molecule has 0 spiro atoms. The molecule has 0 amide bonds. The van der Waals surface area contributed by atoms with Crippen LogP contribution in [0.15, 0.2) is 24.3 Å². The molecule has 0 saturated heterocycles. The van der Waals surface area contributed by atoms with E-state index in [1.807, 2.05) is 0 Å². The zero-order valence-electron chi connectivity index (χ0n) is 11.1. The van der Waals surface area contributed by atoms with Gasteiger partial charge in [0.2, 0.25) is 10.0 Å². The van der Waals surface area contributed by atoms with Gasteiger partial charge in [0.1, 0.15) is 22.2 Å². The average Bonchev–Trinajstić information content (AvgIpc) is 2.29. The van der Waals surface area contributed by atoms with Crippen LogP contribution in [0.3, 0.4) is 0 Å². The summed E-state index contributed by atoms with van der Waals surface area (Å²) in [4.78, 5) is 0. The number of hydrogen-bond acceptors (Lipinski definition) is 6. The molecule has 0 unspecified atom stereocenters. The lowest BCUT2D eigenvalue weighted by Gasteiger charge is -2.09. The van der Waals surface area contributed by atoms with Gasteiger partial charge < -0.3 is 10.5 Å². The maximum Gasteiger partial charge on any atom is 0.214 e. The highest BCUT2D eigenvalue weighted by Gasteiger charge is 2.12. The van der Waals surface area contributed by atoms with Crippen molar-refractivity contribution in [2.75, 3.05) is 36.6 Å². The van der Waals surface area contributed by atoms with Gasteiger partial charge >= 0.3 is 0 Å². The summed E-state index contributed by atoms with van der Waals surface area (Å²) in [5, 5.41) is 0. The molecule has 20 heavy (non-hydrogen) atoms. The van der Waals surface area contributed by atoms with E-state index in [9.17, 15) is 16.8 Å². The van der Waals surface area contributed by atoms with Crippen LogP contribution >= 0.6 is 0 Å². The van der Waals surface area contributed by atoms with Crippen molar-refractivity contribution in [1.82, 2.24) is 4.72 Å². The Morgan fingerprint density at radius 2 is 1.80 bits per heavy atom. The summed E-state index contributed by atoms with van der Waals surface area (Å²) >= 11 is 0. The molecule has 1 rings (SSSR count). The van der Waals surface area contributed by atoms with Crippen LogP contribution in [0.2, 0.25) is 0 Å². The minimum absolute atomic E-state index is 0.0670. The molecule has 0 atom stereocenters. The summed E-state index contributed by atoms with van der Waals surface area (Å²) < 4.78 is 52.4. The van der Waals surface area contributed by atoms with Crippen LogP contribution in [-0.4, -0.2) is 47.7 Å². The number of benzene rings is 1. The molecule has 114 valence electrons. The van der Waals surface area contributed by atoms with Crippen molar-refractivity contribution in [2.24, 2.45) is 0 Å². The molecule has 0 heterocycles. The van der Waals surface area contributed by atoms with Crippen LogP contribution in [0.4, 0.5) is 5.69 Å². The molecule has 0 aliphatic carbocycles. The van der Waals surface area contributed by atoms with E-state index in [4.69, 9.17) is 10.5 Å². The van der Waals surface area contributed by atoms with E-state index in [0.717, 1.165) is 6.26 Å². The summed E-state index contributed by atoms with van der Waals surface area (Å²) in [5.41, 5.74) is 6.07. The molecule has 0 bridgehead atoms. The van der Waals surface area contributed by atoms with Gasteiger partial charge in [-0.05, 0) is 12.1 Å². The van der Waals surface area contributed by atoms with Gasteiger partial charge in [-0.2, -0.15) is 0 Å². The molecular formula is C11H18N2O5S2. The smallest absolute Gasteiger partial charge is 0.214 e. The first kappa shape index (κ1) is 16.7. The number of rotatable bonds is 8. The first-order valence-corrected chi connectivity index (χ1v) is 9.53. The van der Waals surface area contributed by atoms with E-state index in [-0.39, 0.29) is 24.7 Å². The SMILES string of the molecule is CS(=O)(=O)CCNS(=O)(=O)CCOc1ccccc1N. The highest BCUT2D eigenvalue weighted by Crippen LogP contribution is 2.19. The highest BCUT2D eigenvalue weighted by molar-refractivity contribution is 7.91. The number of sulfonamides is 1. The molecule has 1 aromatic carbocycles. The Balaban J connectivity index is 2.39. The van der Waals surface area contributed by atoms with Gasteiger partial charge in [-0.1, -0.05) is 12.1 Å². The van der Waals surface area contributed by atoms with Crippen LogP contribution < -0.4 is 15.2 Å². The first-order valence-electron chi connectivity index (χ1n) is 5.82. The molecule has 0 aliphatic heterocycles. The molecule has 0 fully saturated rings. The van der Waals surface area contributed by atoms with Crippen molar-refractivity contribution < 1.29 is 21.6 Å². The number of nitrogens with two attached hydrogens (primary N) is 1. The van der Waals surface area contributed by atoms with E-state index in [1.165, 1.54) is 0 Å². The Hall–Kier alpha value is -1.32. The van der Waals surface area contributed by atoms with Gasteiger partial charge in [0, 0.05) is 12.8 Å². The fourth-order valence-corrected chi connectivity index (χ4v) is 2.79. The van der Waals surface area contributed by atoms with Crippen LogP contribution in [-0.2, 0) is 19.9 Å². The van der Waals surface area contributed by atoms with Crippen LogP contribution in [0, 0.1) is 0 Å². The third-order valence-corrected chi connectivity index (χ3v) is 4.62. The van der Waals surface area contributed by atoms with E-state index >= 15 is 0 Å². The monoisotopic (exact) mass is 322 g/mol. The molecule has 7 nitrogen and oxygen atoms in total. The number of hydrogen-bond donors (Lipinski definition) is 2. The predicted octanol–water partition coefficient (Wildman–Crippen LogP) is -0.388.